The quantitative estimate of drug-likeness (QED) is 0.735. The summed E-state index contributed by atoms with van der Waals surface area (Å²) in [7, 11) is 1.41. The fourth-order valence-corrected chi connectivity index (χ4v) is 3.36. The van der Waals surface area contributed by atoms with E-state index in [1.54, 1.807) is 0 Å². The molecular weight excluding hydrogens is 254 g/mol. The van der Waals surface area contributed by atoms with Crippen LogP contribution in [0.15, 0.2) is 24.3 Å². The van der Waals surface area contributed by atoms with Crippen LogP contribution in [0.2, 0.25) is 0 Å². The molecule has 1 fully saturated rings. The molecule has 1 saturated heterocycles. The first kappa shape index (κ1) is 13.2. The number of benzene rings is 1. The number of fused-ring (bicyclic) bond motifs is 2. The third-order valence-corrected chi connectivity index (χ3v) is 4.50. The van der Waals surface area contributed by atoms with Crippen LogP contribution in [0.4, 0.5) is 0 Å². The van der Waals surface area contributed by atoms with Crippen molar-refractivity contribution in [1.82, 2.24) is 4.90 Å². The molecule has 0 bridgehead atoms. The number of carbonyl (C=O) groups excluding carboxylic acids is 2. The highest BCUT2D eigenvalue weighted by Gasteiger charge is 2.37. The maximum absolute atomic E-state index is 12.7. The second-order valence-corrected chi connectivity index (χ2v) is 5.60. The highest BCUT2D eigenvalue weighted by molar-refractivity contribution is 5.96. The number of amides is 1. The Labute approximate surface area is 118 Å². The number of aryl methyl sites for hydroxylation is 1. The third-order valence-electron chi connectivity index (χ3n) is 4.50. The molecule has 0 aromatic heterocycles. The molecule has 4 heteroatoms. The topological polar surface area (TPSA) is 46.6 Å². The van der Waals surface area contributed by atoms with Crippen molar-refractivity contribution in [1.29, 1.82) is 0 Å². The van der Waals surface area contributed by atoms with Gasteiger partial charge in [-0.3, -0.25) is 9.59 Å². The molecule has 0 aliphatic carbocycles. The van der Waals surface area contributed by atoms with Gasteiger partial charge >= 0.3 is 5.97 Å². The molecule has 3 rings (SSSR count). The first-order chi connectivity index (χ1) is 9.70. The highest BCUT2D eigenvalue weighted by atomic mass is 16.5. The van der Waals surface area contributed by atoms with E-state index in [-0.39, 0.29) is 23.8 Å². The van der Waals surface area contributed by atoms with Crippen LogP contribution in [0, 0.1) is 5.92 Å². The van der Waals surface area contributed by atoms with Crippen LogP contribution in [-0.2, 0) is 16.0 Å². The van der Waals surface area contributed by atoms with Crippen LogP contribution in [-0.4, -0.2) is 36.5 Å². The van der Waals surface area contributed by atoms with Crippen LogP contribution in [0.3, 0.4) is 0 Å². The van der Waals surface area contributed by atoms with Crippen molar-refractivity contribution in [2.45, 2.75) is 31.7 Å². The van der Waals surface area contributed by atoms with E-state index in [0.717, 1.165) is 36.8 Å². The lowest BCUT2D eigenvalue weighted by molar-refractivity contribution is -0.147. The Hall–Kier alpha value is -1.84. The number of nitrogens with zero attached hydrogens (tertiary/aromatic N) is 1. The average Bonchev–Trinajstić information content (AvgIpc) is 2.64. The van der Waals surface area contributed by atoms with E-state index in [9.17, 15) is 9.59 Å². The largest absolute Gasteiger partial charge is 0.469 e. The minimum atomic E-state index is -0.200. The Kier molecular flexibility index (Phi) is 3.47. The molecule has 0 N–H and O–H groups in total. The van der Waals surface area contributed by atoms with Crippen molar-refractivity contribution in [3.05, 3.63) is 35.4 Å². The van der Waals surface area contributed by atoms with E-state index in [4.69, 9.17) is 4.74 Å². The summed E-state index contributed by atoms with van der Waals surface area (Å²) in [6, 6.07) is 8.06. The maximum Gasteiger partial charge on any atom is 0.310 e. The Balaban J connectivity index is 1.88. The van der Waals surface area contributed by atoms with Crippen LogP contribution in [0.25, 0.3) is 0 Å². The number of piperidine rings is 1. The van der Waals surface area contributed by atoms with Gasteiger partial charge in [-0.15, -0.1) is 0 Å². The molecule has 1 amide bonds. The average molecular weight is 273 g/mol. The zero-order chi connectivity index (χ0) is 14.1. The normalized spacial score (nSPS) is 25.4. The van der Waals surface area contributed by atoms with Gasteiger partial charge in [-0.25, -0.2) is 0 Å². The predicted molar refractivity (Wildman–Crippen MR) is 74.3 cm³/mol. The number of ether oxygens (including phenoxy) is 1. The van der Waals surface area contributed by atoms with Gasteiger partial charge in [0.2, 0.25) is 0 Å². The third kappa shape index (κ3) is 2.19. The number of methoxy groups -OCH3 is 1. The molecular formula is C16H19NO3. The second-order valence-electron chi connectivity index (χ2n) is 5.60. The van der Waals surface area contributed by atoms with Gasteiger partial charge in [0.1, 0.15) is 0 Å². The van der Waals surface area contributed by atoms with Crippen LogP contribution >= 0.6 is 0 Å². The van der Waals surface area contributed by atoms with E-state index in [1.807, 2.05) is 29.2 Å². The molecule has 4 nitrogen and oxygen atoms in total. The lowest BCUT2D eigenvalue weighted by Crippen LogP contribution is -2.48. The zero-order valence-electron chi connectivity index (χ0n) is 11.7. The van der Waals surface area contributed by atoms with Crippen molar-refractivity contribution in [2.75, 3.05) is 13.7 Å². The van der Waals surface area contributed by atoms with Crippen molar-refractivity contribution in [2.24, 2.45) is 5.92 Å². The van der Waals surface area contributed by atoms with Gasteiger partial charge < -0.3 is 9.64 Å². The Morgan fingerprint density at radius 1 is 1.25 bits per heavy atom. The standard InChI is InChI=1S/C16H19NO3/c1-20-16(19)12-7-9-13-8-6-11-4-2-3-5-14(11)15(18)17(13)10-12/h2-5,12-13H,6-10H2,1H3/t12-,13-/m1/s1. The summed E-state index contributed by atoms with van der Waals surface area (Å²) in [5.74, 6) is -0.309. The number of hydrogen-bond donors (Lipinski definition) is 0. The zero-order valence-corrected chi connectivity index (χ0v) is 11.7. The highest BCUT2D eigenvalue weighted by Crippen LogP contribution is 2.31. The molecule has 0 unspecified atom stereocenters. The van der Waals surface area contributed by atoms with E-state index in [0.29, 0.717) is 6.54 Å². The minimum absolute atomic E-state index is 0.0664. The molecule has 2 aliphatic rings. The van der Waals surface area contributed by atoms with Crippen molar-refractivity contribution < 1.29 is 14.3 Å². The lowest BCUT2D eigenvalue weighted by Gasteiger charge is -2.37. The molecule has 0 spiro atoms. The predicted octanol–water partition coefficient (Wildman–Crippen LogP) is 2.03. The summed E-state index contributed by atoms with van der Waals surface area (Å²) < 4.78 is 4.83. The summed E-state index contributed by atoms with van der Waals surface area (Å²) in [6.45, 7) is 0.491. The van der Waals surface area contributed by atoms with E-state index in [1.165, 1.54) is 7.11 Å². The number of carbonyl (C=O) groups is 2. The molecule has 2 atom stereocenters. The fraction of sp³-hybridized carbons (Fsp3) is 0.500. The molecule has 0 radical (unpaired) electrons. The van der Waals surface area contributed by atoms with Crippen LogP contribution in [0.1, 0.15) is 35.2 Å². The summed E-state index contributed by atoms with van der Waals surface area (Å²) in [6.07, 6.45) is 3.62. The fourth-order valence-electron chi connectivity index (χ4n) is 3.36. The van der Waals surface area contributed by atoms with Crippen molar-refractivity contribution in [3.8, 4) is 0 Å². The molecule has 1 aromatic carbocycles. The van der Waals surface area contributed by atoms with E-state index >= 15 is 0 Å². The Morgan fingerprint density at radius 2 is 2.05 bits per heavy atom. The Morgan fingerprint density at radius 3 is 2.85 bits per heavy atom. The summed E-state index contributed by atoms with van der Waals surface area (Å²) in [4.78, 5) is 26.3. The van der Waals surface area contributed by atoms with E-state index < -0.39 is 0 Å². The Bertz CT molecular complexity index is 540. The maximum atomic E-state index is 12.7. The van der Waals surface area contributed by atoms with Crippen molar-refractivity contribution >= 4 is 11.9 Å². The monoisotopic (exact) mass is 273 g/mol. The van der Waals surface area contributed by atoms with E-state index in [2.05, 4.69) is 0 Å². The van der Waals surface area contributed by atoms with Crippen molar-refractivity contribution in [3.63, 3.8) is 0 Å². The first-order valence-electron chi connectivity index (χ1n) is 7.17. The SMILES string of the molecule is COC(=O)[C@@H]1CC[C@H]2CCc3ccccc3C(=O)N2C1. The van der Waals surface area contributed by atoms with Gasteiger partial charge in [0.05, 0.1) is 13.0 Å². The van der Waals surface area contributed by atoms with Crippen LogP contribution < -0.4 is 0 Å². The molecule has 1 aromatic rings. The lowest BCUT2D eigenvalue weighted by atomic mass is 9.91. The van der Waals surface area contributed by atoms with Gasteiger partial charge in [-0.2, -0.15) is 0 Å². The minimum Gasteiger partial charge on any atom is -0.469 e. The van der Waals surface area contributed by atoms with Gasteiger partial charge in [-0.05, 0) is 37.3 Å². The molecule has 20 heavy (non-hydrogen) atoms. The first-order valence-corrected chi connectivity index (χ1v) is 7.17. The number of esters is 1. The second kappa shape index (κ2) is 5.27. The van der Waals surface area contributed by atoms with Gasteiger partial charge in [0, 0.05) is 18.2 Å². The summed E-state index contributed by atoms with van der Waals surface area (Å²) in [5, 5.41) is 0. The van der Waals surface area contributed by atoms with Gasteiger partial charge in [0.25, 0.3) is 5.91 Å². The number of hydrogen-bond acceptors (Lipinski definition) is 3. The molecule has 2 aliphatic heterocycles. The summed E-state index contributed by atoms with van der Waals surface area (Å²) in [5.41, 5.74) is 1.92. The molecule has 0 saturated carbocycles. The van der Waals surface area contributed by atoms with Gasteiger partial charge in [0.15, 0.2) is 0 Å². The molecule has 106 valence electrons. The number of rotatable bonds is 1. The summed E-state index contributed by atoms with van der Waals surface area (Å²) >= 11 is 0. The smallest absolute Gasteiger partial charge is 0.310 e. The molecule has 2 heterocycles. The van der Waals surface area contributed by atoms with Gasteiger partial charge in [-0.1, -0.05) is 18.2 Å². The van der Waals surface area contributed by atoms with Crippen LogP contribution in [0.5, 0.6) is 0 Å².